The smallest absolute Gasteiger partial charge is 0.124 e. The van der Waals surface area contributed by atoms with Crippen LogP contribution in [0.15, 0.2) is 48.8 Å². The van der Waals surface area contributed by atoms with E-state index in [0.29, 0.717) is 17.0 Å². The van der Waals surface area contributed by atoms with Gasteiger partial charge in [-0.05, 0) is 24.3 Å². The van der Waals surface area contributed by atoms with Gasteiger partial charge in [0.2, 0.25) is 0 Å². The normalized spacial score (nSPS) is 10.6. The number of fused-ring (bicyclic) bond motifs is 1. The van der Waals surface area contributed by atoms with Gasteiger partial charge in [0.05, 0.1) is 18.3 Å². The van der Waals surface area contributed by atoms with E-state index in [1.54, 1.807) is 37.7 Å². The Hall–Kier alpha value is -2.49. The second kappa shape index (κ2) is 4.65. The molecule has 0 saturated carbocycles. The first-order valence-corrected chi connectivity index (χ1v) is 5.82. The third-order valence-corrected chi connectivity index (χ3v) is 2.91. The fourth-order valence-corrected chi connectivity index (χ4v) is 2.04. The van der Waals surface area contributed by atoms with Crippen LogP contribution in [0, 0.1) is 5.82 Å². The Balaban J connectivity index is 2.29. The number of hydrogen-bond donors (Lipinski definition) is 0. The minimum atomic E-state index is -0.305. The maximum Gasteiger partial charge on any atom is 0.124 e. The summed E-state index contributed by atoms with van der Waals surface area (Å²) in [6.45, 7) is 0. The molecule has 0 bridgehead atoms. The van der Waals surface area contributed by atoms with Crippen LogP contribution < -0.4 is 4.74 Å². The summed E-state index contributed by atoms with van der Waals surface area (Å²) in [6.07, 6.45) is 3.32. The topological polar surface area (TPSA) is 35.0 Å². The zero-order valence-electron chi connectivity index (χ0n) is 10.3. The van der Waals surface area contributed by atoms with Crippen molar-refractivity contribution in [3.05, 3.63) is 54.6 Å². The van der Waals surface area contributed by atoms with Crippen molar-refractivity contribution in [3.8, 4) is 17.0 Å². The van der Waals surface area contributed by atoms with E-state index >= 15 is 0 Å². The van der Waals surface area contributed by atoms with Crippen LogP contribution in [-0.4, -0.2) is 17.1 Å². The Kier molecular flexibility index (Phi) is 2.83. The van der Waals surface area contributed by atoms with E-state index in [4.69, 9.17) is 4.74 Å². The van der Waals surface area contributed by atoms with E-state index in [-0.39, 0.29) is 5.82 Å². The average Bonchev–Trinajstić information content (AvgIpc) is 2.46. The van der Waals surface area contributed by atoms with Gasteiger partial charge >= 0.3 is 0 Å². The van der Waals surface area contributed by atoms with E-state index in [1.165, 1.54) is 12.1 Å². The number of hydrogen-bond acceptors (Lipinski definition) is 3. The van der Waals surface area contributed by atoms with Gasteiger partial charge in [-0.1, -0.05) is 6.07 Å². The lowest BCUT2D eigenvalue weighted by Gasteiger charge is -2.07. The van der Waals surface area contributed by atoms with Gasteiger partial charge in [-0.25, -0.2) is 4.39 Å². The predicted octanol–water partition coefficient (Wildman–Crippen LogP) is 3.44. The number of benzene rings is 1. The summed E-state index contributed by atoms with van der Waals surface area (Å²) in [6, 6.07) is 10.0. The second-order valence-corrected chi connectivity index (χ2v) is 4.11. The number of methoxy groups -OCH3 is 1. The number of rotatable bonds is 2. The van der Waals surface area contributed by atoms with Crippen molar-refractivity contribution >= 4 is 10.9 Å². The van der Waals surface area contributed by atoms with Crippen molar-refractivity contribution in [2.45, 2.75) is 0 Å². The Morgan fingerprint density at radius 1 is 1.05 bits per heavy atom. The molecule has 4 heteroatoms. The highest BCUT2D eigenvalue weighted by Crippen LogP contribution is 2.28. The van der Waals surface area contributed by atoms with Crippen LogP contribution in [0.5, 0.6) is 5.75 Å². The summed E-state index contributed by atoms with van der Waals surface area (Å²) >= 11 is 0. The number of aromatic nitrogens is 2. The lowest BCUT2D eigenvalue weighted by Crippen LogP contribution is -1.91. The summed E-state index contributed by atoms with van der Waals surface area (Å²) in [7, 11) is 1.58. The van der Waals surface area contributed by atoms with E-state index < -0.39 is 0 Å². The van der Waals surface area contributed by atoms with Gasteiger partial charge in [0.25, 0.3) is 0 Å². The van der Waals surface area contributed by atoms with Crippen LogP contribution in [-0.2, 0) is 0 Å². The number of halogens is 1. The van der Waals surface area contributed by atoms with E-state index in [2.05, 4.69) is 9.97 Å². The zero-order valence-corrected chi connectivity index (χ0v) is 10.3. The summed E-state index contributed by atoms with van der Waals surface area (Å²) < 4.78 is 18.8. The lowest BCUT2D eigenvalue weighted by atomic mass is 10.1. The van der Waals surface area contributed by atoms with Crippen LogP contribution >= 0.6 is 0 Å². The molecular weight excluding hydrogens is 243 g/mol. The van der Waals surface area contributed by atoms with Crippen molar-refractivity contribution < 1.29 is 9.13 Å². The van der Waals surface area contributed by atoms with Gasteiger partial charge in [0.15, 0.2) is 0 Å². The van der Waals surface area contributed by atoms with Gasteiger partial charge in [-0.15, -0.1) is 0 Å². The SMILES string of the molecule is COc1ccnc(-c2cc(F)cc3cccnc23)c1. The molecule has 1 aromatic carbocycles. The van der Waals surface area contributed by atoms with E-state index in [1.807, 2.05) is 6.07 Å². The van der Waals surface area contributed by atoms with E-state index in [9.17, 15) is 4.39 Å². The molecule has 0 fully saturated rings. The summed E-state index contributed by atoms with van der Waals surface area (Å²) in [5, 5.41) is 0.752. The number of ether oxygens (including phenoxy) is 1. The molecule has 0 saturated heterocycles. The fraction of sp³-hybridized carbons (Fsp3) is 0.0667. The zero-order chi connectivity index (χ0) is 13.2. The van der Waals surface area contributed by atoms with Crippen LogP contribution in [0.25, 0.3) is 22.2 Å². The Morgan fingerprint density at radius 2 is 1.95 bits per heavy atom. The average molecular weight is 254 g/mol. The van der Waals surface area contributed by atoms with Gasteiger partial charge in [0.1, 0.15) is 11.6 Å². The maximum absolute atomic E-state index is 13.7. The first-order chi connectivity index (χ1) is 9.28. The number of pyridine rings is 2. The predicted molar refractivity (Wildman–Crippen MR) is 71.5 cm³/mol. The van der Waals surface area contributed by atoms with Crippen LogP contribution in [0.1, 0.15) is 0 Å². The molecule has 19 heavy (non-hydrogen) atoms. The largest absolute Gasteiger partial charge is 0.497 e. The first-order valence-electron chi connectivity index (χ1n) is 5.82. The monoisotopic (exact) mass is 254 g/mol. The molecule has 0 unspecified atom stereocenters. The van der Waals surface area contributed by atoms with Crippen LogP contribution in [0.4, 0.5) is 4.39 Å². The molecule has 94 valence electrons. The number of nitrogens with zero attached hydrogens (tertiary/aromatic N) is 2. The molecule has 0 atom stereocenters. The quantitative estimate of drug-likeness (QED) is 0.702. The first kappa shape index (κ1) is 11.6. The highest BCUT2D eigenvalue weighted by Gasteiger charge is 2.09. The molecule has 2 aromatic heterocycles. The molecule has 0 spiro atoms. The molecule has 0 aliphatic rings. The molecule has 3 nitrogen and oxygen atoms in total. The minimum absolute atomic E-state index is 0.305. The van der Waals surface area contributed by atoms with Gasteiger partial charge in [-0.2, -0.15) is 0 Å². The molecule has 0 radical (unpaired) electrons. The molecular formula is C15H11FN2O. The van der Waals surface area contributed by atoms with Crippen molar-refractivity contribution in [2.75, 3.05) is 7.11 Å². The molecule has 2 heterocycles. The highest BCUT2D eigenvalue weighted by atomic mass is 19.1. The standard InChI is InChI=1S/C15H11FN2O/c1-19-12-4-6-17-14(9-12)13-8-11(16)7-10-3-2-5-18-15(10)13/h2-9H,1H3. The van der Waals surface area contributed by atoms with Crippen LogP contribution in [0.2, 0.25) is 0 Å². The van der Waals surface area contributed by atoms with Gasteiger partial charge < -0.3 is 4.74 Å². The third-order valence-electron chi connectivity index (χ3n) is 2.91. The van der Waals surface area contributed by atoms with Crippen LogP contribution in [0.3, 0.4) is 0 Å². The molecule has 0 amide bonds. The Morgan fingerprint density at radius 3 is 2.79 bits per heavy atom. The maximum atomic E-state index is 13.7. The highest BCUT2D eigenvalue weighted by molar-refractivity contribution is 5.92. The van der Waals surface area contributed by atoms with Crippen molar-refractivity contribution in [2.24, 2.45) is 0 Å². The van der Waals surface area contributed by atoms with E-state index in [0.717, 1.165) is 10.9 Å². The Labute approximate surface area is 109 Å². The molecule has 0 aliphatic heterocycles. The molecule has 3 rings (SSSR count). The summed E-state index contributed by atoms with van der Waals surface area (Å²) in [4.78, 5) is 8.57. The lowest BCUT2D eigenvalue weighted by molar-refractivity contribution is 0.414. The second-order valence-electron chi connectivity index (χ2n) is 4.11. The van der Waals surface area contributed by atoms with Crippen molar-refractivity contribution in [1.29, 1.82) is 0 Å². The van der Waals surface area contributed by atoms with Gasteiger partial charge in [-0.3, -0.25) is 9.97 Å². The third kappa shape index (κ3) is 2.12. The Bertz CT molecular complexity index is 743. The van der Waals surface area contributed by atoms with Crippen molar-refractivity contribution in [1.82, 2.24) is 9.97 Å². The summed E-state index contributed by atoms with van der Waals surface area (Å²) in [5.41, 5.74) is 2.03. The van der Waals surface area contributed by atoms with Gasteiger partial charge in [0, 0.05) is 29.4 Å². The minimum Gasteiger partial charge on any atom is -0.497 e. The molecule has 0 aliphatic carbocycles. The molecule has 3 aromatic rings. The summed E-state index contributed by atoms with van der Waals surface area (Å²) in [5.74, 6) is 0.374. The molecule has 0 N–H and O–H groups in total. The fourth-order valence-electron chi connectivity index (χ4n) is 2.04. The van der Waals surface area contributed by atoms with Crippen molar-refractivity contribution in [3.63, 3.8) is 0 Å².